The van der Waals surface area contributed by atoms with Crippen molar-refractivity contribution in [1.29, 1.82) is 0 Å². The summed E-state index contributed by atoms with van der Waals surface area (Å²) in [7, 11) is 0. The second-order valence-electron chi connectivity index (χ2n) is 6.22. The second kappa shape index (κ2) is 6.87. The number of ether oxygens (including phenoxy) is 1. The minimum atomic E-state index is -0.262. The van der Waals surface area contributed by atoms with Crippen LogP contribution in [0.15, 0.2) is 53.5 Å². The Bertz CT molecular complexity index is 928. The lowest BCUT2D eigenvalue weighted by Crippen LogP contribution is -2.13. The largest absolute Gasteiger partial charge is 0.463 e. The highest BCUT2D eigenvalue weighted by Gasteiger charge is 2.16. The van der Waals surface area contributed by atoms with Crippen LogP contribution in [-0.4, -0.2) is 34.5 Å². The number of amidine groups is 1. The van der Waals surface area contributed by atoms with Crippen LogP contribution >= 0.6 is 0 Å². The maximum atomic E-state index is 12.4. The van der Waals surface area contributed by atoms with Gasteiger partial charge < -0.3 is 20.8 Å². The zero-order chi connectivity index (χ0) is 17.9. The summed E-state index contributed by atoms with van der Waals surface area (Å²) in [5, 5.41) is 2.86. The van der Waals surface area contributed by atoms with Gasteiger partial charge in [0.15, 0.2) is 5.82 Å². The summed E-state index contributed by atoms with van der Waals surface area (Å²) in [6, 6.07) is 15.7. The quantitative estimate of drug-likeness (QED) is 0.658. The number of aromatic nitrogens is 2. The zero-order valence-corrected chi connectivity index (χ0v) is 14.1. The highest BCUT2D eigenvalue weighted by molar-refractivity contribution is 6.03. The van der Waals surface area contributed by atoms with E-state index in [1.165, 1.54) is 5.56 Å². The summed E-state index contributed by atoms with van der Waals surface area (Å²) < 4.78 is 5.15. The van der Waals surface area contributed by atoms with Gasteiger partial charge in [0.25, 0.3) is 11.9 Å². The molecule has 7 nitrogen and oxygen atoms in total. The number of nitrogens with one attached hydrogen (secondary N) is 2. The second-order valence-corrected chi connectivity index (χ2v) is 6.22. The minimum absolute atomic E-state index is 0.127. The van der Waals surface area contributed by atoms with Crippen molar-refractivity contribution in [2.45, 2.75) is 18.9 Å². The molecule has 1 atom stereocenters. The van der Waals surface area contributed by atoms with E-state index in [1.807, 2.05) is 48.5 Å². The normalized spacial score (nSPS) is 16.3. The van der Waals surface area contributed by atoms with Crippen molar-refractivity contribution in [2.24, 2.45) is 10.7 Å². The van der Waals surface area contributed by atoms with Crippen LogP contribution in [0.1, 0.15) is 22.6 Å². The van der Waals surface area contributed by atoms with E-state index in [4.69, 9.17) is 10.5 Å². The number of hydrogen-bond acceptors (Lipinski definition) is 5. The number of rotatable bonds is 5. The molecular formula is C19H19N5O2. The number of nitrogens with zero attached hydrogens (tertiary/aromatic N) is 2. The third-order valence-corrected chi connectivity index (χ3v) is 4.32. The number of aromatic amines is 1. The van der Waals surface area contributed by atoms with Gasteiger partial charge in [-0.2, -0.15) is 0 Å². The number of H-pyrrole nitrogens is 1. The Morgan fingerprint density at radius 3 is 2.77 bits per heavy atom. The Hall–Kier alpha value is -3.35. The molecule has 1 unspecified atom stereocenters. The molecule has 1 aromatic heterocycles. The number of aryl methyl sites for hydroxylation is 1. The van der Waals surface area contributed by atoms with Gasteiger partial charge >= 0.3 is 0 Å². The van der Waals surface area contributed by atoms with E-state index in [0.717, 1.165) is 29.6 Å². The molecule has 0 aliphatic carbocycles. The highest BCUT2D eigenvalue weighted by Crippen LogP contribution is 2.16. The van der Waals surface area contributed by atoms with E-state index in [0.29, 0.717) is 12.4 Å². The molecule has 4 rings (SSSR count). The molecule has 2 aromatic carbocycles. The maximum Gasteiger partial charge on any atom is 0.291 e. The van der Waals surface area contributed by atoms with Gasteiger partial charge in [0.05, 0.1) is 17.1 Å². The van der Waals surface area contributed by atoms with Crippen LogP contribution < -0.4 is 11.1 Å². The smallest absolute Gasteiger partial charge is 0.291 e. The number of carbonyl (C=O) groups is 1. The van der Waals surface area contributed by atoms with Crippen molar-refractivity contribution >= 4 is 28.6 Å². The predicted molar refractivity (Wildman–Crippen MR) is 100 cm³/mol. The van der Waals surface area contributed by atoms with Gasteiger partial charge in [0.1, 0.15) is 6.61 Å². The monoisotopic (exact) mass is 349 g/mol. The fraction of sp³-hybridized carbons (Fsp3) is 0.211. The van der Waals surface area contributed by atoms with Crippen LogP contribution in [0.4, 0.5) is 5.69 Å². The predicted octanol–water partition coefficient (Wildman–Crippen LogP) is 2.46. The minimum Gasteiger partial charge on any atom is -0.463 e. The molecule has 0 saturated carbocycles. The summed E-state index contributed by atoms with van der Waals surface area (Å²) in [6.45, 7) is 0.553. The molecule has 4 N–H and O–H groups in total. The number of amides is 1. The van der Waals surface area contributed by atoms with Gasteiger partial charge in [-0.05, 0) is 42.7 Å². The number of benzene rings is 2. The molecule has 26 heavy (non-hydrogen) atoms. The lowest BCUT2D eigenvalue weighted by atomic mass is 10.1. The molecule has 0 fully saturated rings. The van der Waals surface area contributed by atoms with Crippen molar-refractivity contribution in [2.75, 3.05) is 11.9 Å². The molecular weight excluding hydrogens is 330 g/mol. The van der Waals surface area contributed by atoms with Crippen LogP contribution in [-0.2, 0) is 11.2 Å². The fourth-order valence-electron chi connectivity index (χ4n) is 2.92. The molecule has 132 valence electrons. The lowest BCUT2D eigenvalue weighted by Gasteiger charge is -2.07. The van der Waals surface area contributed by atoms with Crippen LogP contribution in [0.2, 0.25) is 0 Å². The molecule has 0 bridgehead atoms. The Balaban J connectivity index is 1.36. The number of carbonyl (C=O) groups excluding carboxylic acids is 1. The van der Waals surface area contributed by atoms with Crippen molar-refractivity contribution < 1.29 is 9.53 Å². The molecule has 7 heteroatoms. The molecule has 1 aliphatic rings. The Morgan fingerprint density at radius 1 is 1.23 bits per heavy atom. The fourth-order valence-corrected chi connectivity index (χ4v) is 2.92. The molecule has 0 saturated heterocycles. The van der Waals surface area contributed by atoms with Gasteiger partial charge in [-0.25, -0.2) is 9.98 Å². The molecule has 3 aromatic rings. The lowest BCUT2D eigenvalue weighted by molar-refractivity contribution is 0.101. The van der Waals surface area contributed by atoms with E-state index < -0.39 is 0 Å². The number of nitrogens with two attached hydrogens (primary N) is 1. The number of aliphatic imine (C=N–C) groups is 1. The van der Waals surface area contributed by atoms with Gasteiger partial charge in [-0.15, -0.1) is 0 Å². The molecule has 0 radical (unpaired) electrons. The van der Waals surface area contributed by atoms with Crippen molar-refractivity contribution in [3.8, 4) is 0 Å². The third-order valence-electron chi connectivity index (χ3n) is 4.32. The summed E-state index contributed by atoms with van der Waals surface area (Å²) >= 11 is 0. The Kier molecular flexibility index (Phi) is 4.27. The summed E-state index contributed by atoms with van der Waals surface area (Å²) in [5.74, 6) is 0.0360. The van der Waals surface area contributed by atoms with E-state index in [9.17, 15) is 4.79 Å². The molecule has 1 aliphatic heterocycles. The topological polar surface area (TPSA) is 105 Å². The standard InChI is InChI=1S/C19H19N5O2/c20-19-22-14(11-26-19)10-7-12-5-8-13(9-6-12)21-18(25)17-23-15-3-1-2-4-16(15)24-17/h1-6,8-9,14H,7,10-11H2,(H2,20,22)(H,21,25)(H,23,24). The van der Waals surface area contributed by atoms with Crippen LogP contribution in [0.25, 0.3) is 11.0 Å². The van der Waals surface area contributed by atoms with Gasteiger partial charge in [-0.1, -0.05) is 24.3 Å². The highest BCUT2D eigenvalue weighted by atomic mass is 16.5. The molecule has 1 amide bonds. The number of hydrogen-bond donors (Lipinski definition) is 3. The van der Waals surface area contributed by atoms with Gasteiger partial charge in [0, 0.05) is 5.69 Å². The van der Waals surface area contributed by atoms with Gasteiger partial charge in [0.2, 0.25) is 0 Å². The maximum absolute atomic E-state index is 12.4. The SMILES string of the molecule is NC1=NC(CCc2ccc(NC(=O)c3nc4ccccc4[nH]3)cc2)CO1. The first-order valence-electron chi connectivity index (χ1n) is 8.48. The average Bonchev–Trinajstić information content (AvgIpc) is 3.27. The molecule has 0 spiro atoms. The van der Waals surface area contributed by atoms with Crippen molar-refractivity contribution in [1.82, 2.24) is 9.97 Å². The van der Waals surface area contributed by atoms with Crippen LogP contribution in [0.5, 0.6) is 0 Å². The molecule has 2 heterocycles. The van der Waals surface area contributed by atoms with Crippen LogP contribution in [0, 0.1) is 0 Å². The Morgan fingerprint density at radius 2 is 2.04 bits per heavy atom. The summed E-state index contributed by atoms with van der Waals surface area (Å²) in [6.07, 6.45) is 1.76. The van der Waals surface area contributed by atoms with E-state index in [-0.39, 0.29) is 18.0 Å². The number of para-hydroxylation sites is 2. The number of imidazole rings is 1. The number of anilines is 1. The van der Waals surface area contributed by atoms with Crippen LogP contribution in [0.3, 0.4) is 0 Å². The third kappa shape index (κ3) is 3.51. The van der Waals surface area contributed by atoms with E-state index in [1.54, 1.807) is 0 Å². The first-order valence-corrected chi connectivity index (χ1v) is 8.48. The summed E-state index contributed by atoms with van der Waals surface area (Å²) in [5.41, 5.74) is 9.02. The first kappa shape index (κ1) is 16.1. The summed E-state index contributed by atoms with van der Waals surface area (Å²) in [4.78, 5) is 23.9. The number of fused-ring (bicyclic) bond motifs is 1. The van der Waals surface area contributed by atoms with Crippen molar-refractivity contribution in [3.05, 3.63) is 59.9 Å². The first-order chi connectivity index (χ1) is 12.7. The van der Waals surface area contributed by atoms with E-state index in [2.05, 4.69) is 20.3 Å². The van der Waals surface area contributed by atoms with E-state index >= 15 is 0 Å². The average molecular weight is 349 g/mol. The van der Waals surface area contributed by atoms with Gasteiger partial charge in [-0.3, -0.25) is 4.79 Å². The van der Waals surface area contributed by atoms with Crippen molar-refractivity contribution in [3.63, 3.8) is 0 Å². The zero-order valence-electron chi connectivity index (χ0n) is 14.1. The Labute approximate surface area is 150 Å².